The molecular weight excluding hydrogens is 228 g/mol. The van der Waals surface area contributed by atoms with E-state index in [0.717, 1.165) is 12.8 Å². The normalized spacial score (nSPS) is 12.4. The topological polar surface area (TPSA) is 68.2 Å². The van der Waals surface area contributed by atoms with Gasteiger partial charge in [0, 0.05) is 14.1 Å². The molecule has 0 spiro atoms. The summed E-state index contributed by atoms with van der Waals surface area (Å²) in [7, 11) is 3.73. The van der Waals surface area contributed by atoms with Gasteiger partial charge in [-0.15, -0.1) is 0 Å². The van der Waals surface area contributed by atoms with Gasteiger partial charge in [0.25, 0.3) is 5.95 Å². The minimum Gasteiger partial charge on any atom is -0.344 e. The van der Waals surface area contributed by atoms with Crippen molar-refractivity contribution in [3.8, 4) is 0 Å². The Labute approximate surface area is 107 Å². The fourth-order valence-corrected chi connectivity index (χ4v) is 1.65. The van der Waals surface area contributed by atoms with Crippen molar-refractivity contribution >= 4 is 5.95 Å². The van der Waals surface area contributed by atoms with Crippen LogP contribution in [0.3, 0.4) is 0 Å². The highest BCUT2D eigenvalue weighted by Gasteiger charge is 2.15. The standard InChI is InChI=1S/C13H18N4O/c1-17(2)13-15-12(18-16-13)11(14)9-8-10-6-4-3-5-7-10/h3-7,11H,8-9,14H2,1-2H3/t11-/m0/s1. The van der Waals surface area contributed by atoms with Gasteiger partial charge in [-0.25, -0.2) is 0 Å². The largest absolute Gasteiger partial charge is 0.344 e. The third kappa shape index (κ3) is 3.07. The first-order chi connectivity index (χ1) is 8.66. The quantitative estimate of drug-likeness (QED) is 0.870. The van der Waals surface area contributed by atoms with Crippen LogP contribution in [0.15, 0.2) is 34.9 Å². The van der Waals surface area contributed by atoms with Gasteiger partial charge in [0.15, 0.2) is 0 Å². The van der Waals surface area contributed by atoms with E-state index < -0.39 is 0 Å². The van der Waals surface area contributed by atoms with Crippen molar-refractivity contribution in [1.82, 2.24) is 10.1 Å². The lowest BCUT2D eigenvalue weighted by Crippen LogP contribution is -2.13. The number of nitrogens with two attached hydrogens (primary N) is 1. The second kappa shape index (κ2) is 5.64. The van der Waals surface area contributed by atoms with E-state index in [0.29, 0.717) is 11.8 Å². The minimum absolute atomic E-state index is 0.216. The molecule has 0 saturated carbocycles. The molecule has 2 aromatic rings. The molecule has 0 amide bonds. The summed E-state index contributed by atoms with van der Waals surface area (Å²) >= 11 is 0. The fourth-order valence-electron chi connectivity index (χ4n) is 1.65. The fraction of sp³-hybridized carbons (Fsp3) is 0.385. The second-order valence-electron chi connectivity index (χ2n) is 4.46. The minimum atomic E-state index is -0.216. The highest BCUT2D eigenvalue weighted by atomic mass is 16.5. The van der Waals surface area contributed by atoms with Crippen LogP contribution in [-0.2, 0) is 6.42 Å². The summed E-state index contributed by atoms with van der Waals surface area (Å²) in [6.07, 6.45) is 1.70. The zero-order valence-corrected chi connectivity index (χ0v) is 10.7. The molecule has 0 aliphatic carbocycles. The lowest BCUT2D eigenvalue weighted by molar-refractivity contribution is 0.348. The van der Waals surface area contributed by atoms with Gasteiger partial charge in [-0.1, -0.05) is 30.3 Å². The van der Waals surface area contributed by atoms with Gasteiger partial charge >= 0.3 is 0 Å². The molecule has 1 aromatic carbocycles. The second-order valence-corrected chi connectivity index (χ2v) is 4.46. The third-order valence-corrected chi connectivity index (χ3v) is 2.74. The molecule has 0 saturated heterocycles. The predicted octanol–water partition coefficient (Wildman–Crippen LogP) is 1.77. The van der Waals surface area contributed by atoms with Crippen molar-refractivity contribution in [2.75, 3.05) is 19.0 Å². The Bertz CT molecular complexity index is 481. The Kier molecular flexibility index (Phi) is 3.94. The summed E-state index contributed by atoms with van der Waals surface area (Å²) in [5.74, 6) is 1.05. The predicted molar refractivity (Wildman–Crippen MR) is 70.3 cm³/mol. The van der Waals surface area contributed by atoms with Crippen LogP contribution < -0.4 is 10.6 Å². The van der Waals surface area contributed by atoms with E-state index >= 15 is 0 Å². The summed E-state index contributed by atoms with van der Waals surface area (Å²) in [6.45, 7) is 0. The van der Waals surface area contributed by atoms with E-state index in [4.69, 9.17) is 10.3 Å². The first kappa shape index (κ1) is 12.6. The molecule has 0 unspecified atom stereocenters. The Morgan fingerprint density at radius 3 is 2.61 bits per heavy atom. The SMILES string of the molecule is CN(C)c1noc([C@@H](N)CCc2ccccc2)n1. The van der Waals surface area contributed by atoms with Crippen molar-refractivity contribution in [3.05, 3.63) is 41.8 Å². The number of rotatable bonds is 5. The van der Waals surface area contributed by atoms with Crippen molar-refractivity contribution in [2.45, 2.75) is 18.9 Å². The maximum Gasteiger partial charge on any atom is 0.265 e. The van der Waals surface area contributed by atoms with Crippen molar-refractivity contribution in [1.29, 1.82) is 0 Å². The number of benzene rings is 1. The van der Waals surface area contributed by atoms with E-state index in [1.807, 2.05) is 32.3 Å². The maximum absolute atomic E-state index is 6.04. The van der Waals surface area contributed by atoms with Crippen molar-refractivity contribution in [3.63, 3.8) is 0 Å². The lowest BCUT2D eigenvalue weighted by atomic mass is 10.1. The molecule has 2 rings (SSSR count). The summed E-state index contributed by atoms with van der Waals surface area (Å²) in [4.78, 5) is 6.03. The van der Waals surface area contributed by atoms with Crippen LogP contribution in [0.4, 0.5) is 5.95 Å². The van der Waals surface area contributed by atoms with Crippen molar-refractivity contribution < 1.29 is 4.52 Å². The molecule has 0 aliphatic heterocycles. The van der Waals surface area contributed by atoms with E-state index in [9.17, 15) is 0 Å². The molecule has 5 heteroatoms. The summed E-state index contributed by atoms with van der Waals surface area (Å²) in [5, 5.41) is 3.85. The molecule has 0 bridgehead atoms. The Balaban J connectivity index is 1.93. The molecular formula is C13H18N4O. The molecule has 1 heterocycles. The number of aromatic nitrogens is 2. The van der Waals surface area contributed by atoms with Crippen LogP contribution in [0.2, 0.25) is 0 Å². The molecule has 96 valence electrons. The average Bonchev–Trinajstić information content (AvgIpc) is 2.87. The van der Waals surface area contributed by atoms with Gasteiger partial charge in [0.1, 0.15) is 0 Å². The number of hydrogen-bond donors (Lipinski definition) is 1. The molecule has 0 fully saturated rings. The highest BCUT2D eigenvalue weighted by Crippen LogP contribution is 2.17. The van der Waals surface area contributed by atoms with E-state index in [-0.39, 0.29) is 6.04 Å². The van der Waals surface area contributed by atoms with Gasteiger partial charge in [-0.3, -0.25) is 0 Å². The molecule has 0 radical (unpaired) electrons. The molecule has 0 aliphatic rings. The van der Waals surface area contributed by atoms with Gasteiger partial charge in [0.05, 0.1) is 6.04 Å². The van der Waals surface area contributed by atoms with Crippen LogP contribution in [-0.4, -0.2) is 24.2 Å². The Morgan fingerprint density at radius 1 is 1.28 bits per heavy atom. The molecule has 2 N–H and O–H groups in total. The van der Waals surface area contributed by atoms with Crippen LogP contribution in [0.1, 0.15) is 23.9 Å². The Hall–Kier alpha value is -1.88. The van der Waals surface area contributed by atoms with Crippen LogP contribution in [0.25, 0.3) is 0 Å². The lowest BCUT2D eigenvalue weighted by Gasteiger charge is -2.06. The van der Waals surface area contributed by atoms with Gasteiger partial charge in [-0.2, -0.15) is 4.98 Å². The van der Waals surface area contributed by atoms with Gasteiger partial charge in [0.2, 0.25) is 5.89 Å². The number of hydrogen-bond acceptors (Lipinski definition) is 5. The molecule has 5 nitrogen and oxygen atoms in total. The third-order valence-electron chi connectivity index (χ3n) is 2.74. The maximum atomic E-state index is 6.04. The van der Waals surface area contributed by atoms with E-state index in [1.54, 1.807) is 4.90 Å². The zero-order valence-electron chi connectivity index (χ0n) is 10.7. The number of aryl methyl sites for hydroxylation is 1. The van der Waals surface area contributed by atoms with Crippen LogP contribution >= 0.6 is 0 Å². The monoisotopic (exact) mass is 246 g/mol. The first-order valence-corrected chi connectivity index (χ1v) is 5.97. The average molecular weight is 246 g/mol. The number of nitrogens with zero attached hydrogens (tertiary/aromatic N) is 3. The summed E-state index contributed by atoms with van der Waals surface area (Å²) in [6, 6.07) is 10.0. The van der Waals surface area contributed by atoms with Gasteiger partial charge in [-0.05, 0) is 23.6 Å². The Morgan fingerprint density at radius 2 is 2.00 bits per heavy atom. The summed E-state index contributed by atoms with van der Waals surface area (Å²) in [5.41, 5.74) is 7.31. The van der Waals surface area contributed by atoms with Crippen molar-refractivity contribution in [2.24, 2.45) is 5.73 Å². The zero-order chi connectivity index (χ0) is 13.0. The van der Waals surface area contributed by atoms with E-state index in [1.165, 1.54) is 5.56 Å². The smallest absolute Gasteiger partial charge is 0.265 e. The van der Waals surface area contributed by atoms with Gasteiger partial charge < -0.3 is 15.2 Å². The molecule has 18 heavy (non-hydrogen) atoms. The highest BCUT2D eigenvalue weighted by molar-refractivity contribution is 5.24. The van der Waals surface area contributed by atoms with Crippen LogP contribution in [0.5, 0.6) is 0 Å². The molecule has 1 aromatic heterocycles. The number of anilines is 1. The first-order valence-electron chi connectivity index (χ1n) is 5.97. The van der Waals surface area contributed by atoms with E-state index in [2.05, 4.69) is 22.3 Å². The molecule has 1 atom stereocenters. The van der Waals surface area contributed by atoms with Crippen LogP contribution in [0, 0.1) is 0 Å². The summed E-state index contributed by atoms with van der Waals surface area (Å²) < 4.78 is 5.15.